The molecule has 0 saturated heterocycles. The van der Waals surface area contributed by atoms with Gasteiger partial charge in [-0.05, 0) is 37.1 Å². The zero-order valence-corrected chi connectivity index (χ0v) is 12.7. The van der Waals surface area contributed by atoms with Crippen LogP contribution in [0.25, 0.3) is 0 Å². The molecular weight excluding hydrogens is 292 g/mol. The van der Waals surface area contributed by atoms with Crippen LogP contribution in [0, 0.1) is 25.2 Å². The lowest BCUT2D eigenvalue weighted by molar-refractivity contribution is 0.102. The summed E-state index contributed by atoms with van der Waals surface area (Å²) < 4.78 is 0. The third-order valence-corrected chi connectivity index (χ3v) is 4.50. The number of hydrogen-bond acceptors (Lipinski definition) is 3. The van der Waals surface area contributed by atoms with E-state index >= 15 is 0 Å². The van der Waals surface area contributed by atoms with E-state index in [1.807, 2.05) is 19.9 Å². The maximum absolute atomic E-state index is 12.2. The molecule has 0 bridgehead atoms. The van der Waals surface area contributed by atoms with E-state index in [2.05, 4.69) is 11.4 Å². The summed E-state index contributed by atoms with van der Waals surface area (Å²) in [6.45, 7) is 3.82. The number of hydrogen-bond donors (Lipinski definition) is 1. The average molecular weight is 305 g/mol. The van der Waals surface area contributed by atoms with Gasteiger partial charge in [-0.1, -0.05) is 12.1 Å². The Balaban J connectivity index is 2.28. The molecule has 1 N–H and O–H groups in total. The summed E-state index contributed by atoms with van der Waals surface area (Å²) in [5, 5.41) is 12.6. The Morgan fingerprint density at radius 3 is 2.85 bits per heavy atom. The summed E-state index contributed by atoms with van der Waals surface area (Å²) >= 11 is 7.18. The van der Waals surface area contributed by atoms with Crippen LogP contribution in [0.2, 0.25) is 0 Å². The molecule has 2 aromatic rings. The number of nitrogens with zero attached hydrogens (tertiary/aromatic N) is 1. The Labute approximate surface area is 126 Å². The quantitative estimate of drug-likeness (QED) is 0.863. The fourth-order valence-corrected chi connectivity index (χ4v) is 2.99. The highest BCUT2D eigenvalue weighted by Crippen LogP contribution is 2.31. The topological polar surface area (TPSA) is 52.9 Å². The molecule has 3 nitrogen and oxygen atoms in total. The lowest BCUT2D eigenvalue weighted by Crippen LogP contribution is -2.11. The summed E-state index contributed by atoms with van der Waals surface area (Å²) in [6.07, 6.45) is 0. The van der Waals surface area contributed by atoms with Crippen LogP contribution in [0.4, 0.5) is 5.00 Å². The van der Waals surface area contributed by atoms with Crippen LogP contribution < -0.4 is 5.32 Å². The molecule has 0 unspecified atom stereocenters. The van der Waals surface area contributed by atoms with Crippen LogP contribution in [-0.4, -0.2) is 5.91 Å². The average Bonchev–Trinajstić information content (AvgIpc) is 2.73. The number of carbonyl (C=O) groups excluding carboxylic acids is 1. The molecule has 1 aromatic carbocycles. The lowest BCUT2D eigenvalue weighted by atomic mass is 10.1. The van der Waals surface area contributed by atoms with Gasteiger partial charge in [0.15, 0.2) is 0 Å². The first kappa shape index (κ1) is 14.6. The first-order valence-electron chi connectivity index (χ1n) is 6.03. The molecule has 0 aliphatic rings. The van der Waals surface area contributed by atoms with Gasteiger partial charge < -0.3 is 5.32 Å². The Kier molecular flexibility index (Phi) is 4.43. The second kappa shape index (κ2) is 6.08. The Bertz CT molecular complexity index is 700. The van der Waals surface area contributed by atoms with E-state index in [9.17, 15) is 4.79 Å². The van der Waals surface area contributed by atoms with Gasteiger partial charge >= 0.3 is 0 Å². The van der Waals surface area contributed by atoms with Gasteiger partial charge in [0, 0.05) is 16.3 Å². The zero-order chi connectivity index (χ0) is 14.7. The van der Waals surface area contributed by atoms with E-state index in [1.54, 1.807) is 18.2 Å². The van der Waals surface area contributed by atoms with Gasteiger partial charge in [-0.25, -0.2) is 0 Å². The first-order valence-corrected chi connectivity index (χ1v) is 7.38. The van der Waals surface area contributed by atoms with Gasteiger partial charge in [-0.2, -0.15) is 5.26 Å². The predicted octanol–water partition coefficient (Wildman–Crippen LogP) is 4.23. The molecule has 0 aliphatic carbocycles. The van der Waals surface area contributed by atoms with Crippen molar-refractivity contribution >= 4 is 33.8 Å². The Morgan fingerprint density at radius 2 is 2.20 bits per heavy atom. The zero-order valence-electron chi connectivity index (χ0n) is 11.2. The van der Waals surface area contributed by atoms with Crippen LogP contribution in [0.15, 0.2) is 24.3 Å². The number of anilines is 1. The van der Waals surface area contributed by atoms with Gasteiger partial charge in [0.2, 0.25) is 0 Å². The highest BCUT2D eigenvalue weighted by Gasteiger charge is 2.15. The van der Waals surface area contributed by atoms with E-state index < -0.39 is 0 Å². The summed E-state index contributed by atoms with van der Waals surface area (Å²) in [4.78, 5) is 13.2. The number of thiophene rings is 1. The molecule has 0 saturated carbocycles. The SMILES string of the molecule is Cc1sc(NC(=O)c2cccc(CCl)c2)c(C#N)c1C. The van der Waals surface area contributed by atoms with Crippen molar-refractivity contribution in [3.8, 4) is 6.07 Å². The van der Waals surface area contributed by atoms with Gasteiger partial charge in [-0.3, -0.25) is 4.79 Å². The summed E-state index contributed by atoms with van der Waals surface area (Å²) in [7, 11) is 0. The number of amides is 1. The van der Waals surface area contributed by atoms with Crippen LogP contribution in [0.3, 0.4) is 0 Å². The summed E-state index contributed by atoms with van der Waals surface area (Å²) in [5.41, 5.74) is 2.88. The van der Waals surface area contributed by atoms with Crippen molar-refractivity contribution in [3.63, 3.8) is 0 Å². The van der Waals surface area contributed by atoms with Gasteiger partial charge in [0.1, 0.15) is 11.1 Å². The minimum absolute atomic E-state index is 0.227. The van der Waals surface area contributed by atoms with E-state index in [1.165, 1.54) is 11.3 Å². The molecule has 0 radical (unpaired) electrons. The number of alkyl halides is 1. The predicted molar refractivity (Wildman–Crippen MR) is 82.5 cm³/mol. The van der Waals surface area contributed by atoms with Gasteiger partial charge in [0.25, 0.3) is 5.91 Å². The molecule has 1 aromatic heterocycles. The summed E-state index contributed by atoms with van der Waals surface area (Å²) in [6, 6.07) is 9.28. The molecule has 0 aliphatic heterocycles. The van der Waals surface area contributed by atoms with E-state index in [4.69, 9.17) is 16.9 Å². The smallest absolute Gasteiger partial charge is 0.256 e. The minimum Gasteiger partial charge on any atom is -0.312 e. The Hall–Kier alpha value is -1.83. The van der Waals surface area contributed by atoms with E-state index in [-0.39, 0.29) is 5.91 Å². The molecule has 0 fully saturated rings. The molecule has 0 atom stereocenters. The highest BCUT2D eigenvalue weighted by molar-refractivity contribution is 7.16. The van der Waals surface area contributed by atoms with E-state index in [0.717, 1.165) is 16.0 Å². The number of benzene rings is 1. The summed E-state index contributed by atoms with van der Waals surface area (Å²) in [5.74, 6) is 0.136. The van der Waals surface area contributed by atoms with Crippen LogP contribution >= 0.6 is 22.9 Å². The van der Waals surface area contributed by atoms with Gasteiger partial charge in [0.05, 0.1) is 5.56 Å². The van der Waals surface area contributed by atoms with Crippen molar-refractivity contribution in [2.45, 2.75) is 19.7 Å². The minimum atomic E-state index is -0.227. The fourth-order valence-electron chi connectivity index (χ4n) is 1.82. The van der Waals surface area contributed by atoms with Crippen LogP contribution in [0.5, 0.6) is 0 Å². The van der Waals surface area contributed by atoms with Crippen LogP contribution in [-0.2, 0) is 5.88 Å². The molecule has 5 heteroatoms. The second-order valence-corrected chi connectivity index (χ2v) is 5.88. The number of nitrogens with one attached hydrogen (secondary N) is 1. The molecule has 1 heterocycles. The van der Waals surface area contributed by atoms with E-state index in [0.29, 0.717) is 22.0 Å². The number of rotatable bonds is 3. The number of nitriles is 1. The largest absolute Gasteiger partial charge is 0.312 e. The van der Waals surface area contributed by atoms with Crippen molar-refractivity contribution < 1.29 is 4.79 Å². The first-order chi connectivity index (χ1) is 9.56. The van der Waals surface area contributed by atoms with Crippen molar-refractivity contribution in [1.29, 1.82) is 5.26 Å². The monoisotopic (exact) mass is 304 g/mol. The molecule has 0 spiro atoms. The lowest BCUT2D eigenvalue weighted by Gasteiger charge is -2.04. The Morgan fingerprint density at radius 1 is 1.45 bits per heavy atom. The normalized spacial score (nSPS) is 10.1. The number of carbonyl (C=O) groups is 1. The maximum atomic E-state index is 12.2. The standard InChI is InChI=1S/C15H13ClN2OS/c1-9-10(2)20-15(13(9)8-17)18-14(19)12-5-3-4-11(6-12)7-16/h3-6H,7H2,1-2H3,(H,18,19). The second-order valence-electron chi connectivity index (χ2n) is 4.39. The van der Waals surface area contributed by atoms with Crippen molar-refractivity contribution in [3.05, 3.63) is 51.4 Å². The third kappa shape index (κ3) is 2.84. The third-order valence-electron chi connectivity index (χ3n) is 3.07. The molecule has 1 amide bonds. The molecule has 2 rings (SSSR count). The fraction of sp³-hybridized carbons (Fsp3) is 0.200. The van der Waals surface area contributed by atoms with Crippen molar-refractivity contribution in [2.75, 3.05) is 5.32 Å². The highest BCUT2D eigenvalue weighted by atomic mass is 35.5. The maximum Gasteiger partial charge on any atom is 0.256 e. The van der Waals surface area contributed by atoms with Crippen molar-refractivity contribution in [2.24, 2.45) is 0 Å². The van der Waals surface area contributed by atoms with Gasteiger partial charge in [-0.15, -0.1) is 22.9 Å². The number of halogens is 1. The molecular formula is C15H13ClN2OS. The van der Waals surface area contributed by atoms with Crippen LogP contribution in [0.1, 0.15) is 31.9 Å². The molecule has 20 heavy (non-hydrogen) atoms. The van der Waals surface area contributed by atoms with Crippen molar-refractivity contribution in [1.82, 2.24) is 0 Å². The number of aryl methyl sites for hydroxylation is 1. The molecule has 102 valence electrons.